The highest BCUT2D eigenvalue weighted by Gasteiger charge is 2.27. The average Bonchev–Trinajstić information content (AvgIpc) is 2.15. The molecule has 1 aliphatic rings. The zero-order valence-corrected chi connectivity index (χ0v) is 12.7. The van der Waals surface area contributed by atoms with Crippen LogP contribution in [0.25, 0.3) is 0 Å². The van der Waals surface area contributed by atoms with Gasteiger partial charge in [0.15, 0.2) is 0 Å². The quantitative estimate of drug-likeness (QED) is 0.837. The van der Waals surface area contributed by atoms with Gasteiger partial charge in [-0.15, -0.1) is 0 Å². The summed E-state index contributed by atoms with van der Waals surface area (Å²) < 4.78 is 2.30. The molecular weight excluding hydrogens is 332 g/mol. The maximum Gasteiger partial charge on any atom is 0.0656 e. The Morgan fingerprint density at radius 3 is 2.44 bits per heavy atom. The molecule has 0 saturated carbocycles. The lowest BCUT2D eigenvalue weighted by molar-refractivity contribution is 0.352. The van der Waals surface area contributed by atoms with Gasteiger partial charge in [-0.3, -0.25) is 0 Å². The van der Waals surface area contributed by atoms with E-state index in [4.69, 9.17) is 0 Å². The van der Waals surface area contributed by atoms with Gasteiger partial charge in [0.25, 0.3) is 0 Å². The van der Waals surface area contributed by atoms with Crippen LogP contribution in [0.3, 0.4) is 0 Å². The molecule has 1 saturated heterocycles. The molecule has 0 aromatic heterocycles. The number of benzene rings is 1. The van der Waals surface area contributed by atoms with Gasteiger partial charge in [0.2, 0.25) is 0 Å². The molecule has 0 spiro atoms. The van der Waals surface area contributed by atoms with Crippen LogP contribution in [-0.4, -0.2) is 25.2 Å². The largest absolute Gasteiger partial charge is 0.367 e. The minimum absolute atomic E-state index is 0.174. The molecule has 0 unspecified atom stereocenters. The molecule has 0 aliphatic carbocycles. The van der Waals surface area contributed by atoms with E-state index in [-0.39, 0.29) is 5.54 Å². The summed E-state index contributed by atoms with van der Waals surface area (Å²) in [5, 5.41) is 3.52. The highest BCUT2D eigenvalue weighted by molar-refractivity contribution is 9.11. The Morgan fingerprint density at radius 2 is 1.88 bits per heavy atom. The van der Waals surface area contributed by atoms with Crippen molar-refractivity contribution in [3.63, 3.8) is 0 Å². The van der Waals surface area contributed by atoms with Crippen LogP contribution >= 0.6 is 31.9 Å². The lowest BCUT2D eigenvalue weighted by Crippen LogP contribution is -2.57. The topological polar surface area (TPSA) is 15.3 Å². The predicted molar refractivity (Wildman–Crippen MR) is 76.1 cm³/mol. The maximum absolute atomic E-state index is 3.63. The van der Waals surface area contributed by atoms with E-state index in [1.54, 1.807) is 0 Å². The number of anilines is 1. The molecule has 4 heteroatoms. The first-order valence-corrected chi connectivity index (χ1v) is 7.02. The second-order valence-corrected chi connectivity index (χ2v) is 6.51. The van der Waals surface area contributed by atoms with Crippen LogP contribution < -0.4 is 10.2 Å². The van der Waals surface area contributed by atoms with Crippen molar-refractivity contribution in [3.8, 4) is 0 Å². The third-order valence-electron chi connectivity index (χ3n) is 2.83. The van der Waals surface area contributed by atoms with Gasteiger partial charge >= 0.3 is 0 Å². The van der Waals surface area contributed by atoms with E-state index >= 15 is 0 Å². The first-order chi connectivity index (χ1) is 7.49. The van der Waals surface area contributed by atoms with E-state index in [9.17, 15) is 0 Å². The number of piperazine rings is 1. The van der Waals surface area contributed by atoms with Crippen LogP contribution in [0.1, 0.15) is 13.8 Å². The summed E-state index contributed by atoms with van der Waals surface area (Å²) in [5.41, 5.74) is 1.43. The molecule has 88 valence electrons. The van der Waals surface area contributed by atoms with Crippen molar-refractivity contribution in [2.24, 2.45) is 0 Å². The number of para-hydroxylation sites is 1. The molecule has 16 heavy (non-hydrogen) atoms. The Hall–Kier alpha value is -0.0600. The van der Waals surface area contributed by atoms with Crippen LogP contribution in [0, 0.1) is 0 Å². The highest BCUT2D eigenvalue weighted by atomic mass is 79.9. The number of hydrogen-bond acceptors (Lipinski definition) is 2. The van der Waals surface area contributed by atoms with Gasteiger partial charge in [-0.25, -0.2) is 0 Å². The van der Waals surface area contributed by atoms with Crippen molar-refractivity contribution in [3.05, 3.63) is 27.1 Å². The fraction of sp³-hybridized carbons (Fsp3) is 0.500. The van der Waals surface area contributed by atoms with Crippen LogP contribution in [0.4, 0.5) is 5.69 Å². The lowest BCUT2D eigenvalue weighted by atomic mass is 10.0. The molecule has 0 amide bonds. The smallest absolute Gasteiger partial charge is 0.0656 e. The summed E-state index contributed by atoms with van der Waals surface area (Å²) in [4.78, 5) is 2.42. The van der Waals surface area contributed by atoms with E-state index in [0.717, 1.165) is 28.6 Å². The zero-order valence-electron chi connectivity index (χ0n) is 9.56. The molecule has 2 rings (SSSR count). The minimum Gasteiger partial charge on any atom is -0.367 e. The van der Waals surface area contributed by atoms with E-state index < -0.39 is 0 Å². The third-order valence-corrected chi connectivity index (χ3v) is 4.10. The highest BCUT2D eigenvalue weighted by Crippen LogP contribution is 2.35. The number of hydrogen-bond donors (Lipinski definition) is 1. The van der Waals surface area contributed by atoms with E-state index in [1.165, 1.54) is 5.69 Å². The molecule has 0 radical (unpaired) electrons. The van der Waals surface area contributed by atoms with Crippen LogP contribution in [0.5, 0.6) is 0 Å². The zero-order chi connectivity index (χ0) is 11.8. The molecule has 1 aromatic rings. The number of rotatable bonds is 1. The first kappa shape index (κ1) is 12.4. The molecule has 0 atom stereocenters. The van der Waals surface area contributed by atoms with E-state index in [2.05, 4.69) is 68.1 Å². The van der Waals surface area contributed by atoms with Crippen LogP contribution in [0.15, 0.2) is 27.1 Å². The van der Waals surface area contributed by atoms with Crippen molar-refractivity contribution in [2.75, 3.05) is 24.5 Å². The van der Waals surface area contributed by atoms with Crippen molar-refractivity contribution in [2.45, 2.75) is 19.4 Å². The fourth-order valence-electron chi connectivity index (χ4n) is 2.12. The van der Waals surface area contributed by atoms with Crippen LogP contribution in [0.2, 0.25) is 0 Å². The fourth-order valence-corrected chi connectivity index (χ4v) is 3.62. The molecule has 1 N–H and O–H groups in total. The lowest BCUT2D eigenvalue weighted by Gasteiger charge is -2.41. The van der Waals surface area contributed by atoms with Crippen LogP contribution in [-0.2, 0) is 0 Å². The predicted octanol–water partition coefficient (Wildman–Crippen LogP) is 3.40. The second-order valence-electron chi connectivity index (χ2n) is 4.80. The van der Waals surface area contributed by atoms with Gasteiger partial charge in [0, 0.05) is 34.1 Å². The normalized spacial score (nSPS) is 19.9. The van der Waals surface area contributed by atoms with Crippen molar-refractivity contribution >= 4 is 37.5 Å². The molecule has 0 bridgehead atoms. The Labute approximate surface area is 114 Å². The molecule has 1 aromatic carbocycles. The third kappa shape index (κ3) is 2.60. The van der Waals surface area contributed by atoms with Gasteiger partial charge in [0.1, 0.15) is 0 Å². The van der Waals surface area contributed by atoms with Crippen molar-refractivity contribution < 1.29 is 0 Å². The first-order valence-electron chi connectivity index (χ1n) is 5.44. The Bertz CT molecular complexity index is 370. The van der Waals surface area contributed by atoms with Gasteiger partial charge in [-0.05, 0) is 57.8 Å². The van der Waals surface area contributed by atoms with Gasteiger partial charge in [-0.1, -0.05) is 6.07 Å². The Kier molecular flexibility index (Phi) is 3.62. The molecule has 1 fully saturated rings. The number of nitrogens with zero attached hydrogens (tertiary/aromatic N) is 1. The number of nitrogens with one attached hydrogen (secondary N) is 1. The van der Waals surface area contributed by atoms with E-state index in [0.29, 0.717) is 0 Å². The molecule has 1 heterocycles. The summed E-state index contributed by atoms with van der Waals surface area (Å²) in [6.45, 7) is 7.58. The Balaban J connectivity index is 2.30. The molecule has 1 aliphatic heterocycles. The van der Waals surface area contributed by atoms with Crippen molar-refractivity contribution in [1.82, 2.24) is 5.32 Å². The van der Waals surface area contributed by atoms with Gasteiger partial charge in [0.05, 0.1) is 5.69 Å². The van der Waals surface area contributed by atoms with Gasteiger partial charge in [-0.2, -0.15) is 0 Å². The average molecular weight is 348 g/mol. The SMILES string of the molecule is CC1(C)CN(c2c(Br)cccc2Br)CCN1. The summed E-state index contributed by atoms with van der Waals surface area (Å²) in [5.74, 6) is 0. The van der Waals surface area contributed by atoms with Crippen molar-refractivity contribution in [1.29, 1.82) is 0 Å². The summed E-state index contributed by atoms with van der Waals surface area (Å²) in [6.07, 6.45) is 0. The number of halogens is 2. The Morgan fingerprint density at radius 1 is 1.25 bits per heavy atom. The summed E-state index contributed by atoms with van der Waals surface area (Å²) in [7, 11) is 0. The molecular formula is C12H16Br2N2. The molecule has 2 nitrogen and oxygen atoms in total. The minimum atomic E-state index is 0.174. The summed E-state index contributed by atoms with van der Waals surface area (Å²) >= 11 is 7.26. The second kappa shape index (κ2) is 4.67. The maximum atomic E-state index is 3.63. The van der Waals surface area contributed by atoms with E-state index in [1.807, 2.05) is 6.07 Å². The monoisotopic (exact) mass is 346 g/mol. The summed E-state index contributed by atoms with van der Waals surface area (Å²) in [6, 6.07) is 6.23. The van der Waals surface area contributed by atoms with Gasteiger partial charge < -0.3 is 10.2 Å². The standard InChI is InChI=1S/C12H16Br2N2/c1-12(2)8-16(7-6-15-12)11-9(13)4-3-5-10(11)14/h3-5,15H,6-8H2,1-2H3.